The Morgan fingerprint density at radius 2 is 1.39 bits per heavy atom. The van der Waals surface area contributed by atoms with E-state index in [1.165, 1.54) is 12.1 Å². The topological polar surface area (TPSA) is 72.8 Å². The molecule has 0 heterocycles. The van der Waals surface area contributed by atoms with E-state index < -0.39 is 0 Å². The van der Waals surface area contributed by atoms with Gasteiger partial charge in [-0.1, -0.05) is 57.5 Å². The Balaban J connectivity index is 0.000000490. The molecule has 2 aromatic rings. The van der Waals surface area contributed by atoms with Crippen molar-refractivity contribution in [2.75, 3.05) is 6.61 Å². The summed E-state index contributed by atoms with van der Waals surface area (Å²) in [4.78, 5) is 21.9. The summed E-state index contributed by atoms with van der Waals surface area (Å²) in [5, 5.41) is 8.75. The first kappa shape index (κ1) is 31.1. The van der Waals surface area contributed by atoms with E-state index in [1.54, 1.807) is 32.9 Å². The molecule has 0 aliphatic rings. The highest BCUT2D eigenvalue weighted by molar-refractivity contribution is 9.10. The maximum atomic E-state index is 11.7. The van der Waals surface area contributed by atoms with Crippen molar-refractivity contribution in [1.29, 1.82) is 0 Å². The highest BCUT2D eigenvalue weighted by atomic mass is 79.9. The number of hydrogen-bond acceptors (Lipinski definition) is 5. The number of aromatic hydroxyl groups is 1. The number of ketones is 1. The quantitative estimate of drug-likeness (QED) is 0.238. The Morgan fingerprint density at radius 1 is 0.939 bits per heavy atom. The number of phenolic OH excluding ortho intramolecular Hbond substituents is 1. The average molecular weight is 544 g/mol. The molecule has 0 aliphatic carbocycles. The minimum Gasteiger partial charge on any atom is -0.508 e. The molecule has 0 bridgehead atoms. The molecule has 0 radical (unpaired) electrons. The fourth-order valence-corrected chi connectivity index (χ4v) is 2.28. The van der Waals surface area contributed by atoms with Crippen molar-refractivity contribution in [2.45, 2.75) is 61.7 Å². The van der Waals surface area contributed by atoms with Gasteiger partial charge in [-0.15, -0.1) is 0 Å². The third-order valence-corrected chi connectivity index (χ3v) is 5.01. The molecular formula is C26H36BrClO5. The van der Waals surface area contributed by atoms with Crippen molar-refractivity contribution in [1.82, 2.24) is 0 Å². The fraction of sp³-hybridized carbons (Fsp3) is 0.462. The summed E-state index contributed by atoms with van der Waals surface area (Å²) >= 11 is 8.47. The van der Waals surface area contributed by atoms with Gasteiger partial charge in [-0.3, -0.25) is 9.59 Å². The van der Waals surface area contributed by atoms with E-state index >= 15 is 0 Å². The molecule has 1 atom stereocenters. The Labute approximate surface area is 211 Å². The van der Waals surface area contributed by atoms with Gasteiger partial charge in [0.2, 0.25) is 5.24 Å². The summed E-state index contributed by atoms with van der Waals surface area (Å²) in [6.07, 6.45) is -0.189. The zero-order chi connectivity index (χ0) is 25.8. The monoisotopic (exact) mass is 542 g/mol. The average Bonchev–Trinajstić information content (AvgIpc) is 2.69. The molecule has 184 valence electrons. The van der Waals surface area contributed by atoms with Crippen LogP contribution in [-0.4, -0.2) is 29.0 Å². The molecule has 2 aromatic carbocycles. The molecule has 0 spiro atoms. The van der Waals surface area contributed by atoms with E-state index in [0.717, 1.165) is 10.2 Å². The lowest BCUT2D eigenvalue weighted by atomic mass is 9.86. The standard InChI is InChI=1S/C11H14O2.C10H13BrO2.C5H9ClO/c1-11(2,3)10(13)8-4-6-9(12)7-5-8;1-3-12-8(2)13-10-6-4-9(11)5-7-10;1-5(2,3)4(6)7/h4-7,12H,1-3H3;4-8H,3H2,1-2H3;1-3H3. The molecule has 1 unspecified atom stereocenters. The summed E-state index contributed by atoms with van der Waals surface area (Å²) in [6.45, 7) is 15.5. The minimum atomic E-state index is -0.373. The smallest absolute Gasteiger partial charge is 0.226 e. The molecular weight excluding hydrogens is 508 g/mol. The van der Waals surface area contributed by atoms with E-state index in [-0.39, 0.29) is 33.9 Å². The minimum absolute atomic E-state index is 0.0903. The Morgan fingerprint density at radius 3 is 1.76 bits per heavy atom. The lowest BCUT2D eigenvalue weighted by molar-refractivity contribution is -0.118. The van der Waals surface area contributed by atoms with Gasteiger partial charge in [0, 0.05) is 27.5 Å². The van der Waals surface area contributed by atoms with Crippen LogP contribution in [0.2, 0.25) is 0 Å². The van der Waals surface area contributed by atoms with E-state index in [9.17, 15) is 9.59 Å². The highest BCUT2D eigenvalue weighted by Crippen LogP contribution is 2.22. The first-order valence-corrected chi connectivity index (χ1v) is 11.8. The Kier molecular flexibility index (Phi) is 13.6. The first-order chi connectivity index (χ1) is 15.1. The summed E-state index contributed by atoms with van der Waals surface area (Å²) in [5.74, 6) is 1.10. The number of carbonyl (C=O) groups is 2. The summed E-state index contributed by atoms with van der Waals surface area (Å²) in [5.41, 5.74) is -0.0938. The van der Waals surface area contributed by atoms with Gasteiger partial charge >= 0.3 is 0 Å². The maximum absolute atomic E-state index is 11.7. The summed E-state index contributed by atoms with van der Waals surface area (Å²) in [7, 11) is 0. The van der Waals surface area contributed by atoms with Crippen LogP contribution in [0, 0.1) is 10.8 Å². The summed E-state index contributed by atoms with van der Waals surface area (Å²) in [6, 6.07) is 14.0. The normalized spacial score (nSPS) is 11.8. The van der Waals surface area contributed by atoms with Gasteiger partial charge < -0.3 is 14.6 Å². The van der Waals surface area contributed by atoms with E-state index in [1.807, 2.05) is 58.9 Å². The van der Waals surface area contributed by atoms with Crippen molar-refractivity contribution in [3.05, 3.63) is 58.6 Å². The van der Waals surface area contributed by atoms with Gasteiger partial charge in [0.05, 0.1) is 0 Å². The largest absolute Gasteiger partial charge is 0.508 e. The van der Waals surface area contributed by atoms with Crippen molar-refractivity contribution in [3.8, 4) is 11.5 Å². The molecule has 0 aliphatic heterocycles. The SMILES string of the molecule is CC(C)(C)C(=O)Cl.CC(C)(C)C(=O)c1ccc(O)cc1.CCOC(C)Oc1ccc(Br)cc1. The second-order valence-corrected chi connectivity index (χ2v) is 10.5. The molecule has 0 amide bonds. The number of phenols is 1. The van der Waals surface area contributed by atoms with E-state index in [2.05, 4.69) is 15.9 Å². The predicted octanol–water partition coefficient (Wildman–Crippen LogP) is 7.63. The molecule has 0 saturated heterocycles. The van der Waals surface area contributed by atoms with Gasteiger partial charge in [0.15, 0.2) is 12.1 Å². The molecule has 5 nitrogen and oxygen atoms in total. The van der Waals surface area contributed by atoms with Crippen LogP contribution in [-0.2, 0) is 9.53 Å². The fourth-order valence-electron chi connectivity index (χ4n) is 2.02. The maximum Gasteiger partial charge on any atom is 0.226 e. The highest BCUT2D eigenvalue weighted by Gasteiger charge is 2.22. The number of hydrogen-bond donors (Lipinski definition) is 1. The summed E-state index contributed by atoms with van der Waals surface area (Å²) < 4.78 is 11.8. The van der Waals surface area contributed by atoms with Crippen LogP contribution in [0.25, 0.3) is 0 Å². The number of halogens is 2. The number of ether oxygens (including phenoxy) is 2. The molecule has 33 heavy (non-hydrogen) atoms. The third kappa shape index (κ3) is 14.1. The van der Waals surface area contributed by atoms with Gasteiger partial charge in [-0.25, -0.2) is 0 Å². The Bertz CT molecular complexity index is 850. The Hall–Kier alpha value is -1.89. The molecule has 2 rings (SSSR count). The van der Waals surface area contributed by atoms with Crippen LogP contribution < -0.4 is 4.74 Å². The number of carbonyl (C=O) groups excluding carboxylic acids is 2. The lowest BCUT2D eigenvalue weighted by Gasteiger charge is -2.16. The zero-order valence-electron chi connectivity index (χ0n) is 20.7. The molecule has 1 N–H and O–H groups in total. The van der Waals surface area contributed by atoms with Crippen molar-refractivity contribution in [2.24, 2.45) is 10.8 Å². The van der Waals surface area contributed by atoms with Gasteiger partial charge in [-0.2, -0.15) is 0 Å². The first-order valence-electron chi connectivity index (χ1n) is 10.7. The van der Waals surface area contributed by atoms with Crippen molar-refractivity contribution >= 4 is 38.6 Å². The van der Waals surface area contributed by atoms with Crippen LogP contribution in [0.4, 0.5) is 0 Å². The molecule has 7 heteroatoms. The second-order valence-electron chi connectivity index (χ2n) is 9.24. The zero-order valence-corrected chi connectivity index (χ0v) is 23.1. The van der Waals surface area contributed by atoms with Crippen LogP contribution in [0.15, 0.2) is 53.0 Å². The van der Waals surface area contributed by atoms with E-state index in [0.29, 0.717) is 12.2 Å². The van der Waals surface area contributed by atoms with Crippen molar-refractivity contribution < 1.29 is 24.2 Å². The van der Waals surface area contributed by atoms with Crippen LogP contribution in [0.3, 0.4) is 0 Å². The predicted molar refractivity (Wildman–Crippen MR) is 138 cm³/mol. The van der Waals surface area contributed by atoms with Crippen LogP contribution in [0.5, 0.6) is 11.5 Å². The lowest BCUT2D eigenvalue weighted by Crippen LogP contribution is -2.19. The van der Waals surface area contributed by atoms with Gasteiger partial charge in [0.1, 0.15) is 11.5 Å². The second kappa shape index (κ2) is 14.4. The number of rotatable bonds is 5. The van der Waals surface area contributed by atoms with Gasteiger partial charge in [0.25, 0.3) is 0 Å². The van der Waals surface area contributed by atoms with Crippen LogP contribution >= 0.6 is 27.5 Å². The third-order valence-electron chi connectivity index (χ3n) is 3.92. The van der Waals surface area contributed by atoms with E-state index in [4.69, 9.17) is 26.2 Å². The van der Waals surface area contributed by atoms with Gasteiger partial charge in [-0.05, 0) is 74.0 Å². The number of Topliss-reactive ketones (excluding diaryl/α,β-unsaturated/α-hetero) is 1. The molecule has 0 aromatic heterocycles. The molecule has 0 fully saturated rings. The number of benzene rings is 2. The molecule has 0 saturated carbocycles. The van der Waals surface area contributed by atoms with Crippen molar-refractivity contribution in [3.63, 3.8) is 0 Å². The van der Waals surface area contributed by atoms with Crippen LogP contribution in [0.1, 0.15) is 65.7 Å².